The van der Waals surface area contributed by atoms with Gasteiger partial charge in [-0.25, -0.2) is 4.98 Å². The normalized spacial score (nSPS) is 11.5. The van der Waals surface area contributed by atoms with Gasteiger partial charge in [-0.15, -0.1) is 0 Å². The Kier molecular flexibility index (Phi) is 8.03. The van der Waals surface area contributed by atoms with Crippen LogP contribution >= 0.6 is 27.5 Å². The lowest BCUT2D eigenvalue weighted by molar-refractivity contribution is 0.0650. The van der Waals surface area contributed by atoms with Gasteiger partial charge in [0.05, 0.1) is 5.02 Å². The van der Waals surface area contributed by atoms with Gasteiger partial charge in [-0.3, -0.25) is 4.79 Å². The van der Waals surface area contributed by atoms with E-state index >= 15 is 0 Å². The molecule has 1 heterocycles. The molecular formula is C16H27BrClN3O. The Balaban J connectivity index is 0.000000626. The molecule has 1 aromatic rings. The van der Waals surface area contributed by atoms with E-state index in [-0.39, 0.29) is 17.1 Å². The number of amides is 1. The van der Waals surface area contributed by atoms with Crippen molar-refractivity contribution in [2.24, 2.45) is 0 Å². The molecule has 4 nitrogen and oxygen atoms in total. The number of hydrogen-bond acceptors (Lipinski definition) is 3. The number of nitrogens with zero attached hydrogens (tertiary/aromatic N) is 2. The average Bonchev–Trinajstić information content (AvgIpc) is 2.39. The molecule has 0 aromatic carbocycles. The minimum absolute atomic E-state index is 0.182. The molecule has 0 saturated heterocycles. The second-order valence-electron chi connectivity index (χ2n) is 6.99. The molecule has 1 rings (SSSR count). The highest BCUT2D eigenvalue weighted by Crippen LogP contribution is 2.26. The summed E-state index contributed by atoms with van der Waals surface area (Å²) in [6.45, 7) is 12.3. The van der Waals surface area contributed by atoms with E-state index < -0.39 is 0 Å². The van der Waals surface area contributed by atoms with Crippen molar-refractivity contribution in [2.75, 3.05) is 14.1 Å². The van der Waals surface area contributed by atoms with E-state index in [1.54, 1.807) is 24.2 Å². The fourth-order valence-corrected chi connectivity index (χ4v) is 1.53. The second kappa shape index (κ2) is 8.27. The third kappa shape index (κ3) is 7.07. The number of carbonyl (C=O) groups excluding carboxylic acids is 1. The maximum absolute atomic E-state index is 12.1. The lowest BCUT2D eigenvalue weighted by Crippen LogP contribution is -2.42. The lowest BCUT2D eigenvalue weighted by atomic mass is 10.1. The SMILES string of the molecule is CN(C(=O)c1nccc(Br)c1Cl)C(C)(C)C.CNC(C)(C)C. The van der Waals surface area contributed by atoms with Crippen LogP contribution in [0.4, 0.5) is 0 Å². The smallest absolute Gasteiger partial charge is 0.274 e. The minimum Gasteiger partial charge on any atom is -0.335 e. The number of pyridine rings is 1. The van der Waals surface area contributed by atoms with Gasteiger partial charge >= 0.3 is 0 Å². The first kappa shape index (κ1) is 21.4. The van der Waals surface area contributed by atoms with Crippen LogP contribution in [0.25, 0.3) is 0 Å². The number of carbonyl (C=O) groups is 1. The molecule has 1 amide bonds. The quantitative estimate of drug-likeness (QED) is 0.771. The first-order valence-corrected chi connectivity index (χ1v) is 8.25. The van der Waals surface area contributed by atoms with Crippen molar-refractivity contribution in [3.63, 3.8) is 0 Å². The molecule has 0 aliphatic rings. The lowest BCUT2D eigenvalue weighted by Gasteiger charge is -2.31. The number of halogens is 2. The maximum Gasteiger partial charge on any atom is 0.274 e. The summed E-state index contributed by atoms with van der Waals surface area (Å²) in [7, 11) is 3.70. The summed E-state index contributed by atoms with van der Waals surface area (Å²) in [5.74, 6) is -0.182. The Morgan fingerprint density at radius 3 is 2.09 bits per heavy atom. The van der Waals surface area contributed by atoms with Crippen molar-refractivity contribution in [2.45, 2.75) is 52.6 Å². The van der Waals surface area contributed by atoms with Crippen molar-refractivity contribution in [3.8, 4) is 0 Å². The molecule has 6 heteroatoms. The van der Waals surface area contributed by atoms with Crippen LogP contribution in [0.15, 0.2) is 16.7 Å². The van der Waals surface area contributed by atoms with Crippen molar-refractivity contribution in [1.82, 2.24) is 15.2 Å². The molecule has 0 unspecified atom stereocenters. The fraction of sp³-hybridized carbons (Fsp3) is 0.625. The molecule has 0 bridgehead atoms. The first-order chi connectivity index (χ1) is 9.81. The van der Waals surface area contributed by atoms with Gasteiger partial charge in [0, 0.05) is 28.8 Å². The predicted octanol–water partition coefficient (Wildman–Crippen LogP) is 4.37. The molecule has 22 heavy (non-hydrogen) atoms. The van der Waals surface area contributed by atoms with Gasteiger partial charge in [-0.05, 0) is 70.6 Å². The summed E-state index contributed by atoms with van der Waals surface area (Å²) in [6.07, 6.45) is 1.56. The van der Waals surface area contributed by atoms with Crippen LogP contribution < -0.4 is 5.32 Å². The van der Waals surface area contributed by atoms with Crippen LogP contribution in [0.5, 0.6) is 0 Å². The molecule has 1 N–H and O–H groups in total. The van der Waals surface area contributed by atoms with E-state index in [0.717, 1.165) is 0 Å². The predicted molar refractivity (Wildman–Crippen MR) is 97.6 cm³/mol. The first-order valence-electron chi connectivity index (χ1n) is 7.08. The van der Waals surface area contributed by atoms with Gasteiger partial charge in [0.1, 0.15) is 5.69 Å². The van der Waals surface area contributed by atoms with Gasteiger partial charge < -0.3 is 10.2 Å². The molecular weight excluding hydrogens is 366 g/mol. The van der Waals surface area contributed by atoms with E-state index in [9.17, 15) is 4.79 Å². The summed E-state index contributed by atoms with van der Waals surface area (Å²) < 4.78 is 0.676. The maximum atomic E-state index is 12.1. The molecule has 0 aliphatic carbocycles. The zero-order valence-electron chi connectivity index (χ0n) is 14.7. The Bertz CT molecular complexity index is 507. The van der Waals surface area contributed by atoms with E-state index in [4.69, 9.17) is 11.6 Å². The van der Waals surface area contributed by atoms with Crippen LogP contribution in [0, 0.1) is 0 Å². The molecule has 0 saturated carbocycles. The highest BCUT2D eigenvalue weighted by atomic mass is 79.9. The minimum atomic E-state index is -0.260. The Labute approximate surface area is 147 Å². The Hall–Kier alpha value is -0.650. The molecule has 126 valence electrons. The van der Waals surface area contributed by atoms with Crippen molar-refractivity contribution >= 4 is 33.4 Å². The van der Waals surface area contributed by atoms with Crippen LogP contribution in [0.1, 0.15) is 52.0 Å². The van der Waals surface area contributed by atoms with E-state index in [0.29, 0.717) is 15.0 Å². The van der Waals surface area contributed by atoms with Gasteiger partial charge in [-0.2, -0.15) is 0 Å². The van der Waals surface area contributed by atoms with E-state index in [2.05, 4.69) is 47.0 Å². The second-order valence-corrected chi connectivity index (χ2v) is 8.22. The fourth-order valence-electron chi connectivity index (χ4n) is 1.03. The topological polar surface area (TPSA) is 45.2 Å². The van der Waals surface area contributed by atoms with Crippen molar-refractivity contribution in [1.29, 1.82) is 0 Å². The molecule has 0 aliphatic heterocycles. The Morgan fingerprint density at radius 1 is 1.27 bits per heavy atom. The van der Waals surface area contributed by atoms with Crippen molar-refractivity contribution in [3.05, 3.63) is 27.5 Å². The third-order valence-electron chi connectivity index (χ3n) is 3.11. The highest BCUT2D eigenvalue weighted by Gasteiger charge is 2.26. The highest BCUT2D eigenvalue weighted by molar-refractivity contribution is 9.10. The standard InChI is InChI=1S/C11H14BrClN2O.C5H13N/c1-11(2,3)15(4)10(16)9-8(13)7(12)5-6-14-9;1-5(2,3)6-4/h5-6H,1-4H3;6H,1-4H3. The number of rotatable bonds is 1. The molecule has 0 atom stereocenters. The van der Waals surface area contributed by atoms with Crippen molar-refractivity contribution < 1.29 is 4.79 Å². The number of hydrogen-bond donors (Lipinski definition) is 1. The summed E-state index contributed by atoms with van der Waals surface area (Å²) in [4.78, 5) is 17.8. The van der Waals surface area contributed by atoms with Crippen LogP contribution in [0.3, 0.4) is 0 Å². The summed E-state index contributed by atoms with van der Waals surface area (Å²) >= 11 is 9.30. The molecule has 0 spiro atoms. The third-order valence-corrected chi connectivity index (χ3v) is 4.38. The molecule has 0 radical (unpaired) electrons. The number of aromatic nitrogens is 1. The van der Waals surface area contributed by atoms with Gasteiger partial charge in [-0.1, -0.05) is 11.6 Å². The van der Waals surface area contributed by atoms with Gasteiger partial charge in [0.25, 0.3) is 5.91 Å². The van der Waals surface area contributed by atoms with E-state index in [1.165, 1.54) is 0 Å². The number of nitrogens with one attached hydrogen (secondary N) is 1. The monoisotopic (exact) mass is 391 g/mol. The largest absolute Gasteiger partial charge is 0.335 e. The van der Waals surface area contributed by atoms with Crippen LogP contribution in [-0.2, 0) is 0 Å². The zero-order chi connectivity index (χ0) is 17.7. The average molecular weight is 393 g/mol. The van der Waals surface area contributed by atoms with E-state index in [1.807, 2.05) is 27.8 Å². The summed E-state index contributed by atoms with van der Waals surface area (Å²) in [5, 5.41) is 3.45. The zero-order valence-corrected chi connectivity index (χ0v) is 17.1. The molecule has 0 fully saturated rings. The Morgan fingerprint density at radius 2 is 1.73 bits per heavy atom. The van der Waals surface area contributed by atoms with Crippen LogP contribution in [-0.4, -0.2) is 41.0 Å². The summed E-state index contributed by atoms with van der Waals surface area (Å²) in [6, 6.07) is 1.70. The van der Waals surface area contributed by atoms with Gasteiger partial charge in [0.2, 0.25) is 0 Å². The van der Waals surface area contributed by atoms with Crippen LogP contribution in [0.2, 0.25) is 5.02 Å². The summed E-state index contributed by atoms with van der Waals surface area (Å²) in [5.41, 5.74) is 0.304. The van der Waals surface area contributed by atoms with Gasteiger partial charge in [0.15, 0.2) is 0 Å². The molecule has 1 aromatic heterocycles.